The number of amides is 2. The zero-order valence-corrected chi connectivity index (χ0v) is 12.8. The van der Waals surface area contributed by atoms with Crippen LogP contribution < -0.4 is 10.6 Å². The molecule has 0 fully saturated rings. The van der Waals surface area contributed by atoms with Crippen LogP contribution in [0.25, 0.3) is 0 Å². The third kappa shape index (κ3) is 4.88. The molecule has 0 unspecified atom stereocenters. The molecule has 1 aromatic heterocycles. The van der Waals surface area contributed by atoms with Gasteiger partial charge in [0.25, 0.3) is 0 Å². The zero-order valence-electron chi connectivity index (χ0n) is 12.0. The highest BCUT2D eigenvalue weighted by atomic mass is 32.1. The summed E-state index contributed by atoms with van der Waals surface area (Å²) in [7, 11) is 0. The minimum Gasteiger partial charge on any atom is -0.394 e. The molecule has 0 spiro atoms. The van der Waals surface area contributed by atoms with E-state index in [-0.39, 0.29) is 24.7 Å². The van der Waals surface area contributed by atoms with Gasteiger partial charge in [0.2, 0.25) is 0 Å². The van der Waals surface area contributed by atoms with Crippen LogP contribution in [0.2, 0.25) is 0 Å². The number of carbonyl (C=O) groups excluding carboxylic acids is 1. The molecular weight excluding hydrogens is 284 g/mol. The molecule has 2 rings (SSSR count). The second-order valence-corrected chi connectivity index (χ2v) is 5.98. The monoisotopic (exact) mass is 304 g/mol. The first-order chi connectivity index (χ1) is 10.2. The molecule has 2 atom stereocenters. The molecule has 0 radical (unpaired) electrons. The van der Waals surface area contributed by atoms with Crippen LogP contribution in [0.5, 0.6) is 0 Å². The Kier molecular flexibility index (Phi) is 5.78. The SMILES string of the molecule is C[C@@H](Cc1cccs1)NC(=O)N[C@H](CO)c1ccccc1. The van der Waals surface area contributed by atoms with E-state index in [2.05, 4.69) is 16.7 Å². The van der Waals surface area contributed by atoms with Gasteiger partial charge in [-0.1, -0.05) is 36.4 Å². The number of thiophene rings is 1. The molecule has 5 heteroatoms. The van der Waals surface area contributed by atoms with Crippen LogP contribution in [0.1, 0.15) is 23.4 Å². The topological polar surface area (TPSA) is 61.4 Å². The van der Waals surface area contributed by atoms with Crippen molar-refractivity contribution in [3.05, 3.63) is 58.3 Å². The fourth-order valence-corrected chi connectivity index (χ4v) is 2.96. The fraction of sp³-hybridized carbons (Fsp3) is 0.312. The van der Waals surface area contributed by atoms with E-state index in [9.17, 15) is 9.90 Å². The molecule has 0 bridgehead atoms. The highest BCUT2D eigenvalue weighted by Gasteiger charge is 2.15. The minimum atomic E-state index is -0.389. The Hall–Kier alpha value is -1.85. The van der Waals surface area contributed by atoms with Crippen LogP contribution in [0.3, 0.4) is 0 Å². The van der Waals surface area contributed by atoms with Crippen molar-refractivity contribution < 1.29 is 9.90 Å². The second-order valence-electron chi connectivity index (χ2n) is 4.95. The lowest BCUT2D eigenvalue weighted by atomic mass is 10.1. The van der Waals surface area contributed by atoms with Gasteiger partial charge in [-0.3, -0.25) is 0 Å². The van der Waals surface area contributed by atoms with Crippen LogP contribution in [0, 0.1) is 0 Å². The molecule has 4 nitrogen and oxygen atoms in total. The smallest absolute Gasteiger partial charge is 0.315 e. The predicted octanol–water partition coefficient (Wildman–Crippen LogP) is 2.71. The van der Waals surface area contributed by atoms with Crippen molar-refractivity contribution >= 4 is 17.4 Å². The number of hydrogen-bond donors (Lipinski definition) is 3. The van der Waals surface area contributed by atoms with Crippen LogP contribution in [0.15, 0.2) is 47.8 Å². The zero-order chi connectivity index (χ0) is 15.1. The molecule has 0 saturated carbocycles. The summed E-state index contributed by atoms with van der Waals surface area (Å²) in [4.78, 5) is 13.2. The first-order valence-corrected chi connectivity index (χ1v) is 7.82. The van der Waals surface area contributed by atoms with Gasteiger partial charge in [-0.15, -0.1) is 11.3 Å². The maximum absolute atomic E-state index is 12.0. The van der Waals surface area contributed by atoms with Crippen molar-refractivity contribution in [2.45, 2.75) is 25.4 Å². The molecule has 1 aromatic carbocycles. The van der Waals surface area contributed by atoms with Crippen molar-refractivity contribution in [3.63, 3.8) is 0 Å². The van der Waals surface area contributed by atoms with E-state index in [1.807, 2.05) is 48.7 Å². The van der Waals surface area contributed by atoms with E-state index in [1.165, 1.54) is 4.88 Å². The molecule has 0 aliphatic rings. The maximum Gasteiger partial charge on any atom is 0.315 e. The van der Waals surface area contributed by atoms with Gasteiger partial charge >= 0.3 is 6.03 Å². The number of rotatable bonds is 6. The van der Waals surface area contributed by atoms with Crippen molar-refractivity contribution in [1.82, 2.24) is 10.6 Å². The summed E-state index contributed by atoms with van der Waals surface area (Å²) >= 11 is 1.68. The molecule has 0 aliphatic heterocycles. The van der Waals surface area contributed by atoms with Gasteiger partial charge < -0.3 is 15.7 Å². The van der Waals surface area contributed by atoms with Crippen LogP contribution in [-0.4, -0.2) is 23.8 Å². The molecular formula is C16H20N2O2S. The van der Waals surface area contributed by atoms with Gasteiger partial charge in [-0.05, 0) is 23.9 Å². The largest absolute Gasteiger partial charge is 0.394 e. The first-order valence-electron chi connectivity index (χ1n) is 6.94. The number of aliphatic hydroxyl groups excluding tert-OH is 1. The summed E-state index contributed by atoms with van der Waals surface area (Å²) < 4.78 is 0. The Balaban J connectivity index is 1.85. The highest BCUT2D eigenvalue weighted by molar-refractivity contribution is 7.09. The minimum absolute atomic E-state index is 0.0405. The Labute approximate surface area is 128 Å². The van der Waals surface area contributed by atoms with Crippen LogP contribution in [-0.2, 0) is 6.42 Å². The lowest BCUT2D eigenvalue weighted by Gasteiger charge is -2.19. The molecule has 0 saturated heterocycles. The average Bonchev–Trinajstić information content (AvgIpc) is 2.98. The summed E-state index contributed by atoms with van der Waals surface area (Å²) in [6.45, 7) is 1.84. The molecule has 2 amide bonds. The van der Waals surface area contributed by atoms with Gasteiger partial charge in [0.05, 0.1) is 12.6 Å². The second kappa shape index (κ2) is 7.81. The normalized spacial score (nSPS) is 13.4. The summed E-state index contributed by atoms with van der Waals surface area (Å²) in [5, 5.41) is 17.2. The van der Waals surface area contributed by atoms with Crippen molar-refractivity contribution in [1.29, 1.82) is 0 Å². The summed E-state index contributed by atoms with van der Waals surface area (Å²) in [5.41, 5.74) is 0.890. The molecule has 21 heavy (non-hydrogen) atoms. The van der Waals surface area contributed by atoms with Crippen molar-refractivity contribution in [3.8, 4) is 0 Å². The van der Waals surface area contributed by atoms with E-state index >= 15 is 0 Å². The van der Waals surface area contributed by atoms with E-state index in [1.54, 1.807) is 11.3 Å². The van der Waals surface area contributed by atoms with Gasteiger partial charge in [-0.25, -0.2) is 4.79 Å². The van der Waals surface area contributed by atoms with Gasteiger partial charge in [-0.2, -0.15) is 0 Å². The Morgan fingerprint density at radius 3 is 2.57 bits per heavy atom. The summed E-state index contributed by atoms with van der Waals surface area (Å²) in [6.07, 6.45) is 0.806. The number of urea groups is 1. The standard InChI is InChI=1S/C16H20N2O2S/c1-12(10-14-8-5-9-21-14)17-16(20)18-15(11-19)13-6-3-2-4-7-13/h2-9,12,15,19H,10-11H2,1H3,(H2,17,18,20)/t12-,15+/m0/s1. The van der Waals surface area contributed by atoms with Crippen LogP contribution >= 0.6 is 11.3 Å². The fourth-order valence-electron chi connectivity index (χ4n) is 2.12. The lowest BCUT2D eigenvalue weighted by molar-refractivity contribution is 0.214. The Bertz CT molecular complexity index is 543. The van der Waals surface area contributed by atoms with Crippen molar-refractivity contribution in [2.24, 2.45) is 0 Å². The molecule has 112 valence electrons. The lowest BCUT2D eigenvalue weighted by Crippen LogP contribution is -2.43. The van der Waals surface area contributed by atoms with E-state index in [0.717, 1.165) is 12.0 Å². The predicted molar refractivity (Wildman–Crippen MR) is 85.4 cm³/mol. The van der Waals surface area contributed by atoms with E-state index < -0.39 is 0 Å². The Morgan fingerprint density at radius 2 is 1.95 bits per heavy atom. The summed E-state index contributed by atoms with van der Waals surface area (Å²) in [6, 6.07) is 12.9. The van der Waals surface area contributed by atoms with Gasteiger partial charge in [0.1, 0.15) is 0 Å². The third-order valence-electron chi connectivity index (χ3n) is 3.15. The average molecular weight is 304 g/mol. The van der Waals surface area contributed by atoms with Gasteiger partial charge in [0.15, 0.2) is 0 Å². The van der Waals surface area contributed by atoms with E-state index in [0.29, 0.717) is 0 Å². The van der Waals surface area contributed by atoms with Gasteiger partial charge in [0, 0.05) is 17.3 Å². The number of benzene rings is 1. The number of nitrogens with one attached hydrogen (secondary N) is 2. The number of aliphatic hydroxyl groups is 1. The number of hydrogen-bond acceptors (Lipinski definition) is 3. The molecule has 2 aromatic rings. The third-order valence-corrected chi connectivity index (χ3v) is 4.05. The highest BCUT2D eigenvalue weighted by Crippen LogP contribution is 2.12. The molecule has 1 heterocycles. The van der Waals surface area contributed by atoms with Crippen molar-refractivity contribution in [2.75, 3.05) is 6.61 Å². The maximum atomic E-state index is 12.0. The first kappa shape index (κ1) is 15.5. The number of carbonyl (C=O) groups is 1. The van der Waals surface area contributed by atoms with Crippen LogP contribution in [0.4, 0.5) is 4.79 Å². The molecule has 3 N–H and O–H groups in total. The molecule has 0 aliphatic carbocycles. The van der Waals surface area contributed by atoms with E-state index in [4.69, 9.17) is 0 Å². The Morgan fingerprint density at radius 1 is 1.19 bits per heavy atom. The summed E-state index contributed by atoms with van der Waals surface area (Å²) in [5.74, 6) is 0. The quantitative estimate of drug-likeness (QED) is 0.768.